The fourth-order valence-electron chi connectivity index (χ4n) is 4.22. The highest BCUT2D eigenvalue weighted by molar-refractivity contribution is 7.89. The second kappa shape index (κ2) is 9.06. The molecule has 30 heavy (non-hydrogen) atoms. The highest BCUT2D eigenvalue weighted by atomic mass is 35.5. The van der Waals surface area contributed by atoms with Crippen LogP contribution in [0.2, 0.25) is 5.02 Å². The first-order chi connectivity index (χ1) is 14.4. The first kappa shape index (κ1) is 21.3. The molecule has 0 N–H and O–H groups in total. The lowest BCUT2D eigenvalue weighted by molar-refractivity contribution is -0.132. The first-order valence-electron chi connectivity index (χ1n) is 10.3. The topological polar surface area (TPSA) is 60.9 Å². The minimum atomic E-state index is -3.57. The number of benzene rings is 2. The molecule has 1 amide bonds. The van der Waals surface area contributed by atoms with Crippen LogP contribution in [0.1, 0.15) is 12.0 Å². The number of hydrogen-bond donors (Lipinski definition) is 0. The van der Waals surface area contributed by atoms with Crippen LogP contribution in [-0.4, -0.2) is 73.7 Å². The van der Waals surface area contributed by atoms with E-state index in [1.54, 1.807) is 18.2 Å². The average molecular weight is 448 g/mol. The average Bonchev–Trinajstić information content (AvgIpc) is 3.13. The zero-order valence-corrected chi connectivity index (χ0v) is 18.4. The summed E-state index contributed by atoms with van der Waals surface area (Å²) in [5.41, 5.74) is 1.23. The predicted molar refractivity (Wildman–Crippen MR) is 117 cm³/mol. The van der Waals surface area contributed by atoms with Gasteiger partial charge in [0.2, 0.25) is 15.9 Å². The molecular formula is C22H26ClN3O3S. The number of rotatable bonds is 6. The normalized spacial score (nSPS) is 21.3. The van der Waals surface area contributed by atoms with Gasteiger partial charge in [0.15, 0.2) is 0 Å². The fourth-order valence-corrected chi connectivity index (χ4v) is 5.95. The van der Waals surface area contributed by atoms with E-state index >= 15 is 0 Å². The van der Waals surface area contributed by atoms with Crippen molar-refractivity contribution >= 4 is 27.5 Å². The summed E-state index contributed by atoms with van der Waals surface area (Å²) in [4.78, 5) is 17.2. The van der Waals surface area contributed by atoms with Gasteiger partial charge < -0.3 is 4.90 Å². The molecule has 2 heterocycles. The smallest absolute Gasteiger partial charge is 0.243 e. The molecule has 0 spiro atoms. The van der Waals surface area contributed by atoms with Crippen molar-refractivity contribution in [2.24, 2.45) is 0 Å². The van der Waals surface area contributed by atoms with E-state index in [4.69, 9.17) is 11.6 Å². The molecule has 1 atom stereocenters. The summed E-state index contributed by atoms with van der Waals surface area (Å²) in [5, 5.41) is 0.404. The van der Waals surface area contributed by atoms with Gasteiger partial charge in [0.25, 0.3) is 0 Å². The Kier molecular flexibility index (Phi) is 6.43. The molecule has 2 fully saturated rings. The Bertz CT molecular complexity index is 992. The van der Waals surface area contributed by atoms with Gasteiger partial charge in [0.05, 0.1) is 10.9 Å². The molecule has 8 heteroatoms. The van der Waals surface area contributed by atoms with Gasteiger partial charge in [0, 0.05) is 44.3 Å². The number of carbonyl (C=O) groups is 1. The van der Waals surface area contributed by atoms with Crippen LogP contribution in [0.15, 0.2) is 59.5 Å². The van der Waals surface area contributed by atoms with Crippen molar-refractivity contribution in [2.45, 2.75) is 23.8 Å². The third kappa shape index (κ3) is 4.54. The van der Waals surface area contributed by atoms with Crippen LogP contribution >= 0.6 is 11.6 Å². The quantitative estimate of drug-likeness (QED) is 0.682. The zero-order valence-electron chi connectivity index (χ0n) is 16.8. The van der Waals surface area contributed by atoms with Gasteiger partial charge in [-0.1, -0.05) is 48.0 Å². The Morgan fingerprint density at radius 2 is 1.67 bits per heavy atom. The van der Waals surface area contributed by atoms with Crippen molar-refractivity contribution in [1.29, 1.82) is 0 Å². The molecule has 0 bridgehead atoms. The summed E-state index contributed by atoms with van der Waals surface area (Å²) in [7, 11) is -3.57. The lowest BCUT2D eigenvalue weighted by Gasteiger charge is -2.36. The third-order valence-electron chi connectivity index (χ3n) is 5.93. The van der Waals surface area contributed by atoms with Crippen molar-refractivity contribution in [3.8, 4) is 0 Å². The second-order valence-electron chi connectivity index (χ2n) is 7.76. The Labute approximate surface area is 183 Å². The number of amides is 1. The summed E-state index contributed by atoms with van der Waals surface area (Å²) in [6.07, 6.45) is 1.65. The molecular weight excluding hydrogens is 422 g/mol. The van der Waals surface area contributed by atoms with Gasteiger partial charge >= 0.3 is 0 Å². The van der Waals surface area contributed by atoms with Crippen LogP contribution in [0, 0.1) is 0 Å². The van der Waals surface area contributed by atoms with Gasteiger partial charge in [-0.15, -0.1) is 0 Å². The molecule has 0 aromatic heterocycles. The van der Waals surface area contributed by atoms with Gasteiger partial charge in [-0.2, -0.15) is 4.31 Å². The molecule has 2 aromatic carbocycles. The SMILES string of the molecule is O=C1C(N2CCN(S(=O)(=O)c3cccc(Cl)c3)CC2)CCN1CCc1ccccc1. The number of likely N-dealkylation sites (tertiary alicyclic amines) is 1. The van der Waals surface area contributed by atoms with Gasteiger partial charge in [-0.25, -0.2) is 8.42 Å². The maximum Gasteiger partial charge on any atom is 0.243 e. The summed E-state index contributed by atoms with van der Waals surface area (Å²) < 4.78 is 27.2. The van der Waals surface area contributed by atoms with Crippen LogP contribution in [0.3, 0.4) is 0 Å². The molecule has 0 aliphatic carbocycles. The first-order valence-corrected chi connectivity index (χ1v) is 12.1. The van der Waals surface area contributed by atoms with Crippen LogP contribution in [0.5, 0.6) is 0 Å². The van der Waals surface area contributed by atoms with Gasteiger partial charge in [0.1, 0.15) is 0 Å². The van der Waals surface area contributed by atoms with E-state index in [2.05, 4.69) is 17.0 Å². The number of hydrogen-bond acceptors (Lipinski definition) is 4. The third-order valence-corrected chi connectivity index (χ3v) is 8.06. The summed E-state index contributed by atoms with van der Waals surface area (Å²) in [6, 6.07) is 16.4. The van der Waals surface area contributed by atoms with Crippen molar-refractivity contribution in [2.75, 3.05) is 39.3 Å². The number of halogens is 1. The number of carbonyl (C=O) groups excluding carboxylic acids is 1. The molecule has 2 aliphatic heterocycles. The molecule has 0 saturated carbocycles. The van der Waals surface area contributed by atoms with E-state index in [-0.39, 0.29) is 16.8 Å². The molecule has 160 valence electrons. The van der Waals surface area contributed by atoms with Crippen LogP contribution < -0.4 is 0 Å². The lowest BCUT2D eigenvalue weighted by atomic mass is 10.1. The number of piperazine rings is 1. The molecule has 6 nitrogen and oxygen atoms in total. The number of nitrogens with zero attached hydrogens (tertiary/aromatic N) is 3. The Balaban J connectivity index is 1.32. The Morgan fingerprint density at radius 1 is 0.933 bits per heavy atom. The van der Waals surface area contributed by atoms with E-state index in [0.717, 1.165) is 25.9 Å². The summed E-state index contributed by atoms with van der Waals surface area (Å²) >= 11 is 5.96. The number of sulfonamides is 1. The molecule has 4 rings (SSSR count). The van der Waals surface area contributed by atoms with E-state index in [9.17, 15) is 13.2 Å². The standard InChI is InChI=1S/C22H26ClN3O3S/c23-19-7-4-8-20(17-19)30(28,29)26-15-13-24(14-16-26)21-10-12-25(22(21)27)11-9-18-5-2-1-3-6-18/h1-8,17,21H,9-16H2. The monoisotopic (exact) mass is 447 g/mol. The maximum absolute atomic E-state index is 12.9. The van der Waals surface area contributed by atoms with Crippen LogP contribution in [-0.2, 0) is 21.2 Å². The highest BCUT2D eigenvalue weighted by Crippen LogP contribution is 2.24. The van der Waals surface area contributed by atoms with Crippen LogP contribution in [0.4, 0.5) is 0 Å². The molecule has 2 saturated heterocycles. The molecule has 2 aliphatic rings. The van der Waals surface area contributed by atoms with E-state index in [1.807, 2.05) is 23.1 Å². The van der Waals surface area contributed by atoms with E-state index in [0.29, 0.717) is 31.2 Å². The summed E-state index contributed by atoms with van der Waals surface area (Å²) in [5.74, 6) is 0.164. The zero-order chi connectivity index (χ0) is 21.1. The molecule has 1 unspecified atom stereocenters. The fraction of sp³-hybridized carbons (Fsp3) is 0.409. The Hall–Kier alpha value is -1.93. The minimum Gasteiger partial charge on any atom is -0.341 e. The molecule has 2 aromatic rings. The second-order valence-corrected chi connectivity index (χ2v) is 10.1. The molecule has 0 radical (unpaired) electrons. The van der Waals surface area contributed by atoms with Crippen molar-refractivity contribution in [3.05, 3.63) is 65.2 Å². The largest absolute Gasteiger partial charge is 0.341 e. The maximum atomic E-state index is 12.9. The van der Waals surface area contributed by atoms with Crippen molar-refractivity contribution in [1.82, 2.24) is 14.1 Å². The van der Waals surface area contributed by atoms with Gasteiger partial charge in [-0.3, -0.25) is 9.69 Å². The minimum absolute atomic E-state index is 0.142. The summed E-state index contributed by atoms with van der Waals surface area (Å²) in [6.45, 7) is 3.36. The Morgan fingerprint density at radius 3 is 2.37 bits per heavy atom. The van der Waals surface area contributed by atoms with Crippen molar-refractivity contribution in [3.63, 3.8) is 0 Å². The highest BCUT2D eigenvalue weighted by Gasteiger charge is 2.38. The lowest BCUT2D eigenvalue weighted by Crippen LogP contribution is -2.53. The van der Waals surface area contributed by atoms with Crippen LogP contribution in [0.25, 0.3) is 0 Å². The van der Waals surface area contributed by atoms with E-state index in [1.165, 1.54) is 15.9 Å². The van der Waals surface area contributed by atoms with Crippen molar-refractivity contribution < 1.29 is 13.2 Å². The van der Waals surface area contributed by atoms with Gasteiger partial charge in [-0.05, 0) is 36.6 Å². The predicted octanol–water partition coefficient (Wildman–Crippen LogP) is 2.49. The van der Waals surface area contributed by atoms with E-state index < -0.39 is 10.0 Å².